The zero-order valence-electron chi connectivity index (χ0n) is 44.3. The number of benzene rings is 6. The van der Waals surface area contributed by atoms with Gasteiger partial charge in [0.15, 0.2) is 0 Å². The highest BCUT2D eigenvalue weighted by molar-refractivity contribution is 7.68. The SMILES string of the molecule is Cc1cc(C)c([P@]2CCC[P@](c3c(C)cc(C)cc3C)CN([C@H](C)c3ccccc3)C[P@@](c3c(C)cc(C)cc3C)CCC[P@](c3c(C)cc(C)cc3C)CN([C@@H](C)c3ccccc3)C2)c(C)c1. The number of rotatable bonds is 8. The van der Waals surface area contributed by atoms with Gasteiger partial charge in [0.25, 0.3) is 0 Å². The minimum atomic E-state index is -0.491. The van der Waals surface area contributed by atoms with E-state index in [0.717, 1.165) is 25.1 Å². The van der Waals surface area contributed by atoms with Gasteiger partial charge < -0.3 is 0 Å². The molecule has 0 bridgehead atoms. The maximum atomic E-state index is 2.99. The van der Waals surface area contributed by atoms with Gasteiger partial charge >= 0.3 is 0 Å². The van der Waals surface area contributed by atoms with Crippen LogP contribution in [-0.2, 0) is 0 Å². The van der Waals surface area contributed by atoms with Crippen LogP contribution in [0, 0.1) is 83.1 Å². The topological polar surface area (TPSA) is 6.48 Å². The Kier molecular flexibility index (Phi) is 18.6. The fraction of sp³-hybridized carbons (Fsp3) is 0.419. The molecule has 1 fully saturated rings. The van der Waals surface area contributed by atoms with Gasteiger partial charge in [-0.05, 0) is 211 Å². The number of aryl methyl sites for hydroxylation is 12. The van der Waals surface area contributed by atoms with Crippen LogP contribution in [0.5, 0.6) is 0 Å². The highest BCUT2D eigenvalue weighted by Gasteiger charge is 2.32. The molecule has 0 saturated carbocycles. The van der Waals surface area contributed by atoms with Gasteiger partial charge in [0.1, 0.15) is 0 Å². The van der Waals surface area contributed by atoms with Crippen molar-refractivity contribution >= 4 is 52.9 Å². The van der Waals surface area contributed by atoms with Gasteiger partial charge in [-0.2, -0.15) is 0 Å². The molecule has 1 aliphatic heterocycles. The lowest BCUT2D eigenvalue weighted by Gasteiger charge is -2.39. The Labute approximate surface area is 419 Å². The van der Waals surface area contributed by atoms with Crippen molar-refractivity contribution in [3.8, 4) is 0 Å². The van der Waals surface area contributed by atoms with Gasteiger partial charge in [-0.15, -0.1) is 0 Å². The summed E-state index contributed by atoms with van der Waals surface area (Å²) in [4.78, 5) is 5.99. The summed E-state index contributed by atoms with van der Waals surface area (Å²) in [6.45, 7) is 33.5. The summed E-state index contributed by atoms with van der Waals surface area (Å²) in [6, 6.07) is 43.4. The molecule has 0 N–H and O–H groups in total. The van der Waals surface area contributed by atoms with E-state index >= 15 is 0 Å². The maximum absolute atomic E-state index is 2.99. The fourth-order valence-corrected chi connectivity index (χ4v) is 24.6. The van der Waals surface area contributed by atoms with Crippen LogP contribution in [0.4, 0.5) is 0 Å². The van der Waals surface area contributed by atoms with Crippen molar-refractivity contribution in [1.29, 1.82) is 0 Å². The first-order chi connectivity index (χ1) is 32.5. The van der Waals surface area contributed by atoms with Gasteiger partial charge in [-0.3, -0.25) is 9.80 Å². The second-order valence-electron chi connectivity index (χ2n) is 20.7. The third-order valence-corrected chi connectivity index (χ3v) is 26.2. The van der Waals surface area contributed by atoms with Crippen LogP contribution in [0.25, 0.3) is 0 Å². The average molecular weight is 979 g/mol. The molecule has 7 rings (SSSR count). The van der Waals surface area contributed by atoms with E-state index in [0.29, 0.717) is 12.1 Å². The largest absolute Gasteiger partial charge is 0.288 e. The van der Waals surface area contributed by atoms with Gasteiger partial charge in [-0.1, -0.05) is 163 Å². The first-order valence-electron chi connectivity index (χ1n) is 25.4. The Balaban J connectivity index is 1.42. The van der Waals surface area contributed by atoms with Crippen LogP contribution in [0.2, 0.25) is 0 Å². The number of hydrogen-bond acceptors (Lipinski definition) is 2. The standard InChI is InChI=1S/C62H82N2P4/c1-43-31-47(5)59(48(6)32-43)65-27-21-28-66(60-49(7)33-44(2)34-50(60)8)41-64(56(14)58-25-19-16-20-26-58)42-68(62-53(11)37-46(4)38-54(62)12)30-22-29-67(61-51(9)35-45(3)36-52(61)10)40-63(39-65)55(13)57-23-17-15-18-24-57/h15-20,23-26,31-38,55-56H,21-22,27-30,39-42H2,1-14H3/t55-,56+,65-,66-,67+,68-/m0/s1. The minimum Gasteiger partial charge on any atom is -0.288 e. The Hall–Kier alpha value is -3.04. The van der Waals surface area contributed by atoms with E-state index in [1.807, 2.05) is 0 Å². The van der Waals surface area contributed by atoms with E-state index in [1.54, 1.807) is 21.2 Å². The minimum absolute atomic E-state index is 0.320. The molecule has 1 saturated heterocycles. The van der Waals surface area contributed by atoms with E-state index < -0.39 is 31.7 Å². The molecule has 0 spiro atoms. The summed E-state index contributed by atoms with van der Waals surface area (Å²) in [5.41, 5.74) is 20.4. The summed E-state index contributed by atoms with van der Waals surface area (Å²) in [5, 5.41) is 6.63. The highest BCUT2D eigenvalue weighted by Crippen LogP contribution is 2.51. The highest BCUT2D eigenvalue weighted by atomic mass is 31.1. The summed E-state index contributed by atoms with van der Waals surface area (Å²) in [7, 11) is -1.96. The van der Waals surface area contributed by atoms with Crippen LogP contribution in [0.15, 0.2) is 109 Å². The van der Waals surface area contributed by atoms with E-state index in [4.69, 9.17) is 0 Å². The second-order valence-corrected chi connectivity index (χ2v) is 29.7. The number of nitrogens with zero attached hydrogens (tertiary/aromatic N) is 2. The van der Waals surface area contributed by atoms with E-state index in [-0.39, 0.29) is 0 Å². The monoisotopic (exact) mass is 979 g/mol. The number of hydrogen-bond donors (Lipinski definition) is 0. The molecule has 6 aromatic carbocycles. The van der Waals surface area contributed by atoms with Crippen molar-refractivity contribution in [1.82, 2.24) is 9.80 Å². The summed E-state index contributed by atoms with van der Waals surface area (Å²) in [6.07, 6.45) is 12.0. The third kappa shape index (κ3) is 12.9. The summed E-state index contributed by atoms with van der Waals surface area (Å²) < 4.78 is 0. The Morgan fingerprint density at radius 3 is 0.735 bits per heavy atom. The van der Waals surface area contributed by atoms with Crippen LogP contribution in [0.1, 0.15) is 117 Å². The molecule has 6 atom stereocenters. The molecule has 2 nitrogen and oxygen atoms in total. The Morgan fingerprint density at radius 2 is 0.529 bits per heavy atom. The first-order valence-corrected chi connectivity index (χ1v) is 32.2. The maximum Gasteiger partial charge on any atom is 0.0327 e. The molecule has 0 unspecified atom stereocenters. The van der Waals surface area contributed by atoms with Crippen molar-refractivity contribution in [3.05, 3.63) is 187 Å². The molecule has 6 heteroatoms. The zero-order valence-corrected chi connectivity index (χ0v) is 47.9. The van der Waals surface area contributed by atoms with Crippen molar-refractivity contribution in [3.63, 3.8) is 0 Å². The molecule has 0 amide bonds. The molecule has 6 aromatic rings. The molecular weight excluding hydrogens is 897 g/mol. The molecule has 0 radical (unpaired) electrons. The van der Waals surface area contributed by atoms with Gasteiger partial charge in [0.2, 0.25) is 0 Å². The van der Waals surface area contributed by atoms with E-state index in [2.05, 4.69) is 216 Å². The Morgan fingerprint density at radius 1 is 0.324 bits per heavy atom. The van der Waals surface area contributed by atoms with Crippen molar-refractivity contribution in [2.24, 2.45) is 0 Å². The fourth-order valence-electron chi connectivity index (χ4n) is 11.9. The van der Waals surface area contributed by atoms with Crippen LogP contribution in [-0.4, -0.2) is 59.6 Å². The van der Waals surface area contributed by atoms with Crippen LogP contribution >= 0.6 is 31.7 Å². The van der Waals surface area contributed by atoms with Crippen LogP contribution in [0.3, 0.4) is 0 Å². The first kappa shape index (κ1) is 52.8. The molecule has 1 aliphatic rings. The van der Waals surface area contributed by atoms with Gasteiger partial charge in [0.05, 0.1) is 0 Å². The average Bonchev–Trinajstić information content (AvgIpc) is 3.26. The van der Waals surface area contributed by atoms with E-state index in [1.165, 1.54) is 115 Å². The zero-order chi connectivity index (χ0) is 48.8. The quantitative estimate of drug-likeness (QED) is 0.140. The lowest BCUT2D eigenvalue weighted by atomic mass is 10.1. The molecule has 360 valence electrons. The summed E-state index contributed by atoms with van der Waals surface area (Å²) >= 11 is 0. The van der Waals surface area contributed by atoms with E-state index in [9.17, 15) is 0 Å². The molecule has 0 aliphatic carbocycles. The van der Waals surface area contributed by atoms with Gasteiger partial charge in [-0.25, -0.2) is 0 Å². The van der Waals surface area contributed by atoms with Gasteiger partial charge in [0, 0.05) is 37.2 Å². The second kappa shape index (κ2) is 23.9. The normalized spacial score (nSPS) is 20.6. The smallest absolute Gasteiger partial charge is 0.0327 e. The molecule has 1 heterocycles. The molecular formula is C62H82N2P4. The molecule has 0 aromatic heterocycles. The van der Waals surface area contributed by atoms with Crippen molar-refractivity contribution in [2.45, 2.75) is 122 Å². The van der Waals surface area contributed by atoms with Crippen molar-refractivity contribution < 1.29 is 0 Å². The third-order valence-electron chi connectivity index (χ3n) is 14.6. The molecule has 68 heavy (non-hydrogen) atoms. The van der Waals surface area contributed by atoms with Crippen molar-refractivity contribution in [2.75, 3.05) is 49.8 Å². The predicted octanol–water partition coefficient (Wildman–Crippen LogP) is 15.7. The lowest BCUT2D eigenvalue weighted by molar-refractivity contribution is 0.289. The Bertz CT molecular complexity index is 2230. The predicted molar refractivity (Wildman–Crippen MR) is 310 cm³/mol. The van der Waals surface area contributed by atoms with Crippen LogP contribution < -0.4 is 21.2 Å². The lowest BCUT2D eigenvalue weighted by Crippen LogP contribution is -2.34. The summed E-state index contributed by atoms with van der Waals surface area (Å²) in [5.74, 6) is 0.